The number of anilines is 1. The van der Waals surface area contributed by atoms with Crippen molar-refractivity contribution in [3.8, 4) is 11.3 Å². The van der Waals surface area contributed by atoms with Gasteiger partial charge in [0.15, 0.2) is 0 Å². The number of nitrogens with one attached hydrogen (secondary N) is 1. The van der Waals surface area contributed by atoms with Crippen LogP contribution in [0.5, 0.6) is 0 Å². The minimum absolute atomic E-state index is 0.0177. The molecule has 0 aliphatic carbocycles. The molecule has 0 spiro atoms. The Kier molecular flexibility index (Phi) is 4.81. The fraction of sp³-hybridized carbons (Fsp3) is 0.200. The number of rotatable bonds is 4. The summed E-state index contributed by atoms with van der Waals surface area (Å²) in [6, 6.07) is 23.8. The number of benzene rings is 2. The van der Waals surface area contributed by atoms with Gasteiger partial charge in [0.2, 0.25) is 5.91 Å². The Labute approximate surface area is 175 Å². The van der Waals surface area contributed by atoms with Crippen molar-refractivity contribution in [2.45, 2.75) is 18.3 Å². The molecular weight excluding hydrogens is 374 g/mol. The molecule has 5 nitrogen and oxygen atoms in total. The first-order valence-electron chi connectivity index (χ1n) is 10.2. The summed E-state index contributed by atoms with van der Waals surface area (Å²) in [5, 5.41) is 3.17. The summed E-state index contributed by atoms with van der Waals surface area (Å²) >= 11 is 0. The van der Waals surface area contributed by atoms with Gasteiger partial charge in [0.05, 0.1) is 11.1 Å². The number of nitrogens with zero attached hydrogens (tertiary/aromatic N) is 2. The third-order valence-electron chi connectivity index (χ3n) is 5.89. The number of carbonyl (C=O) groups excluding carboxylic acids is 1. The lowest BCUT2D eigenvalue weighted by atomic mass is 9.73. The summed E-state index contributed by atoms with van der Waals surface area (Å²) in [5.74, 6) is 0.0177. The van der Waals surface area contributed by atoms with Crippen molar-refractivity contribution in [3.05, 3.63) is 90.8 Å². The first kappa shape index (κ1) is 18.6. The summed E-state index contributed by atoms with van der Waals surface area (Å²) in [6.07, 6.45) is 5.33. The van der Waals surface area contributed by atoms with E-state index < -0.39 is 5.41 Å². The molecule has 1 saturated heterocycles. The smallest absolute Gasteiger partial charge is 0.235 e. The van der Waals surface area contributed by atoms with Gasteiger partial charge in [0.25, 0.3) is 0 Å². The van der Waals surface area contributed by atoms with Crippen LogP contribution in [0.15, 0.2) is 85.2 Å². The van der Waals surface area contributed by atoms with E-state index in [9.17, 15) is 4.79 Å². The van der Waals surface area contributed by atoms with E-state index in [0.717, 1.165) is 28.2 Å². The van der Waals surface area contributed by atoms with Crippen LogP contribution in [0.2, 0.25) is 0 Å². The van der Waals surface area contributed by atoms with Crippen molar-refractivity contribution in [1.29, 1.82) is 0 Å². The predicted molar refractivity (Wildman–Crippen MR) is 117 cm³/mol. The molecule has 1 aliphatic heterocycles. The van der Waals surface area contributed by atoms with Gasteiger partial charge in [-0.25, -0.2) is 4.98 Å². The Hall–Kier alpha value is -3.44. The molecule has 1 fully saturated rings. The van der Waals surface area contributed by atoms with Crippen LogP contribution in [0.3, 0.4) is 0 Å². The number of amides is 1. The van der Waals surface area contributed by atoms with Crippen LogP contribution >= 0.6 is 0 Å². The average Bonchev–Trinajstić information content (AvgIpc) is 3.25. The van der Waals surface area contributed by atoms with Crippen molar-refractivity contribution >= 4 is 17.2 Å². The minimum Gasteiger partial charge on any atom is -0.381 e. The van der Waals surface area contributed by atoms with Crippen LogP contribution in [0.4, 0.5) is 5.69 Å². The molecule has 1 amide bonds. The molecule has 0 unspecified atom stereocenters. The fourth-order valence-electron chi connectivity index (χ4n) is 4.20. The number of hydrogen-bond acceptors (Lipinski definition) is 3. The van der Waals surface area contributed by atoms with E-state index in [0.29, 0.717) is 26.1 Å². The van der Waals surface area contributed by atoms with Crippen LogP contribution < -0.4 is 5.32 Å². The number of hydrogen-bond donors (Lipinski definition) is 1. The molecule has 1 N–H and O–H groups in total. The number of carbonyl (C=O) groups is 1. The number of imidazole rings is 1. The average molecular weight is 397 g/mol. The highest BCUT2D eigenvalue weighted by atomic mass is 16.5. The third-order valence-corrected chi connectivity index (χ3v) is 5.89. The van der Waals surface area contributed by atoms with E-state index in [1.165, 1.54) is 0 Å². The van der Waals surface area contributed by atoms with Crippen molar-refractivity contribution in [1.82, 2.24) is 9.38 Å². The maximum absolute atomic E-state index is 13.5. The second kappa shape index (κ2) is 7.76. The predicted octanol–water partition coefficient (Wildman–Crippen LogP) is 4.69. The lowest BCUT2D eigenvalue weighted by molar-refractivity contribution is -0.125. The summed E-state index contributed by atoms with van der Waals surface area (Å²) in [7, 11) is 0. The summed E-state index contributed by atoms with van der Waals surface area (Å²) in [5.41, 5.74) is 3.99. The third kappa shape index (κ3) is 3.37. The quantitative estimate of drug-likeness (QED) is 0.544. The van der Waals surface area contributed by atoms with Crippen LogP contribution in [0.25, 0.3) is 16.9 Å². The van der Waals surface area contributed by atoms with Crippen LogP contribution in [0, 0.1) is 0 Å². The fourth-order valence-corrected chi connectivity index (χ4v) is 4.20. The van der Waals surface area contributed by atoms with Gasteiger partial charge in [-0.05, 0) is 42.7 Å². The van der Waals surface area contributed by atoms with Gasteiger partial charge in [0.1, 0.15) is 5.65 Å². The lowest BCUT2D eigenvalue weighted by Gasteiger charge is -2.36. The maximum Gasteiger partial charge on any atom is 0.235 e. The Balaban J connectivity index is 1.45. The van der Waals surface area contributed by atoms with Crippen LogP contribution in [0.1, 0.15) is 18.4 Å². The van der Waals surface area contributed by atoms with Crippen molar-refractivity contribution in [3.63, 3.8) is 0 Å². The summed E-state index contributed by atoms with van der Waals surface area (Å²) in [4.78, 5) is 18.2. The minimum atomic E-state index is -0.571. The molecule has 30 heavy (non-hydrogen) atoms. The van der Waals surface area contributed by atoms with E-state index in [2.05, 4.69) is 10.3 Å². The Morgan fingerprint density at radius 3 is 2.57 bits per heavy atom. The molecule has 3 heterocycles. The molecule has 4 aromatic rings. The molecule has 1 aliphatic rings. The summed E-state index contributed by atoms with van der Waals surface area (Å²) < 4.78 is 7.55. The molecule has 0 atom stereocenters. The maximum atomic E-state index is 13.5. The van der Waals surface area contributed by atoms with Gasteiger partial charge in [0, 0.05) is 36.9 Å². The number of aromatic nitrogens is 2. The Bertz CT molecular complexity index is 1140. The zero-order valence-corrected chi connectivity index (χ0v) is 16.6. The normalized spacial score (nSPS) is 15.7. The monoisotopic (exact) mass is 397 g/mol. The highest BCUT2D eigenvalue weighted by molar-refractivity contribution is 5.99. The molecule has 0 saturated carbocycles. The second-order valence-electron chi connectivity index (χ2n) is 7.69. The van der Waals surface area contributed by atoms with Crippen LogP contribution in [-0.2, 0) is 14.9 Å². The molecule has 2 aromatic carbocycles. The lowest BCUT2D eigenvalue weighted by Crippen LogP contribution is -2.44. The van der Waals surface area contributed by atoms with Gasteiger partial charge in [-0.3, -0.25) is 4.79 Å². The highest BCUT2D eigenvalue weighted by Crippen LogP contribution is 2.36. The summed E-state index contributed by atoms with van der Waals surface area (Å²) in [6.45, 7) is 1.17. The van der Waals surface area contributed by atoms with Gasteiger partial charge < -0.3 is 14.5 Å². The van der Waals surface area contributed by atoms with Crippen molar-refractivity contribution < 1.29 is 9.53 Å². The second-order valence-corrected chi connectivity index (χ2v) is 7.69. The van der Waals surface area contributed by atoms with E-state index in [-0.39, 0.29) is 5.91 Å². The molecule has 0 bridgehead atoms. The standard InChI is InChI=1S/C25H23N3O2/c29-24(25(12-15-30-16-13-25)20-8-2-1-3-9-20)26-21-10-6-7-19(17-21)22-18-28-14-5-4-11-23(28)27-22/h1-11,14,17-18H,12-13,15-16H2,(H,26,29). The molecule has 5 heteroatoms. The molecular formula is C25H23N3O2. The molecule has 0 radical (unpaired) electrons. The molecule has 150 valence electrons. The zero-order valence-electron chi connectivity index (χ0n) is 16.6. The largest absolute Gasteiger partial charge is 0.381 e. The highest BCUT2D eigenvalue weighted by Gasteiger charge is 2.41. The Morgan fingerprint density at radius 2 is 1.77 bits per heavy atom. The zero-order chi connectivity index (χ0) is 20.4. The van der Waals surface area contributed by atoms with Gasteiger partial charge in [-0.15, -0.1) is 0 Å². The van der Waals surface area contributed by atoms with Gasteiger partial charge >= 0.3 is 0 Å². The van der Waals surface area contributed by atoms with Crippen molar-refractivity contribution in [2.75, 3.05) is 18.5 Å². The van der Waals surface area contributed by atoms with E-state index in [4.69, 9.17) is 4.74 Å². The molecule has 5 rings (SSSR count). The van der Waals surface area contributed by atoms with Gasteiger partial charge in [-0.1, -0.05) is 48.5 Å². The first-order chi connectivity index (χ1) is 14.7. The van der Waals surface area contributed by atoms with Crippen LogP contribution in [-0.4, -0.2) is 28.5 Å². The number of pyridine rings is 1. The Morgan fingerprint density at radius 1 is 0.967 bits per heavy atom. The topological polar surface area (TPSA) is 55.6 Å². The van der Waals surface area contributed by atoms with E-state index in [1.54, 1.807) is 0 Å². The molecule has 2 aromatic heterocycles. The number of fused-ring (bicyclic) bond motifs is 1. The first-order valence-corrected chi connectivity index (χ1v) is 10.2. The van der Waals surface area contributed by atoms with Crippen molar-refractivity contribution in [2.24, 2.45) is 0 Å². The SMILES string of the molecule is O=C(Nc1cccc(-c2cn3ccccc3n2)c1)C1(c2ccccc2)CCOCC1. The number of ether oxygens (including phenoxy) is 1. The van der Waals surface area contributed by atoms with Gasteiger partial charge in [-0.2, -0.15) is 0 Å². The van der Waals surface area contributed by atoms with E-state index in [1.807, 2.05) is 89.6 Å². The van der Waals surface area contributed by atoms with E-state index >= 15 is 0 Å².